The highest BCUT2D eigenvalue weighted by Crippen LogP contribution is 2.25. The minimum absolute atomic E-state index is 0.0594. The van der Waals surface area contributed by atoms with E-state index in [0.29, 0.717) is 23.6 Å². The van der Waals surface area contributed by atoms with Crippen molar-refractivity contribution in [3.05, 3.63) is 69.8 Å². The molecule has 1 unspecified atom stereocenters. The summed E-state index contributed by atoms with van der Waals surface area (Å²) in [7, 11) is 0. The van der Waals surface area contributed by atoms with Crippen LogP contribution in [-0.4, -0.2) is 30.4 Å². The number of aromatic nitrogens is 4. The van der Waals surface area contributed by atoms with E-state index < -0.39 is 11.0 Å². The Labute approximate surface area is 155 Å². The number of amides is 1. The first-order chi connectivity index (χ1) is 12.9. The molecule has 3 rings (SSSR count). The molecule has 0 aliphatic rings. The average molecular weight is 368 g/mol. The number of nitrogens with zero attached hydrogens (tertiary/aromatic N) is 5. The fraction of sp³-hybridized carbons (Fsp3) is 0.278. The molecular weight excluding hydrogens is 348 g/mol. The van der Waals surface area contributed by atoms with Gasteiger partial charge in [-0.1, -0.05) is 12.1 Å². The zero-order valence-electron chi connectivity index (χ0n) is 15.3. The maximum absolute atomic E-state index is 12.6. The summed E-state index contributed by atoms with van der Waals surface area (Å²) >= 11 is 0. The number of carbonyl (C=O) groups is 1. The van der Waals surface area contributed by atoms with Crippen molar-refractivity contribution in [1.82, 2.24) is 19.6 Å². The van der Waals surface area contributed by atoms with Crippen molar-refractivity contribution >= 4 is 17.3 Å². The lowest BCUT2D eigenvalue weighted by Crippen LogP contribution is -2.25. The second kappa shape index (κ2) is 7.40. The van der Waals surface area contributed by atoms with Crippen LogP contribution in [0.4, 0.5) is 11.4 Å². The summed E-state index contributed by atoms with van der Waals surface area (Å²) in [6.45, 7) is 5.40. The Kier molecular flexibility index (Phi) is 5.02. The van der Waals surface area contributed by atoms with E-state index in [4.69, 9.17) is 0 Å². The van der Waals surface area contributed by atoms with Crippen LogP contribution in [0.3, 0.4) is 0 Å². The maximum atomic E-state index is 12.6. The summed E-state index contributed by atoms with van der Waals surface area (Å²) in [6, 6.07) is 8.63. The van der Waals surface area contributed by atoms with Gasteiger partial charge < -0.3 is 5.32 Å². The first kappa shape index (κ1) is 18.3. The molecule has 0 spiro atoms. The second-order valence-corrected chi connectivity index (χ2v) is 6.29. The molecule has 140 valence electrons. The fourth-order valence-electron chi connectivity index (χ4n) is 2.98. The van der Waals surface area contributed by atoms with Gasteiger partial charge in [-0.25, -0.2) is 0 Å². The quantitative estimate of drug-likeness (QED) is 0.532. The molecule has 0 saturated heterocycles. The first-order valence-electron chi connectivity index (χ1n) is 8.44. The number of nitrogens with one attached hydrogen (secondary N) is 1. The van der Waals surface area contributed by atoms with Gasteiger partial charge in [-0.05, 0) is 44.5 Å². The normalized spacial score (nSPS) is 12.0. The number of carbonyl (C=O) groups excluding carboxylic acids is 1. The lowest BCUT2D eigenvalue weighted by Gasteiger charge is -2.14. The number of aryl methyl sites for hydroxylation is 1. The molecule has 9 nitrogen and oxygen atoms in total. The molecule has 2 heterocycles. The number of benzene rings is 1. The third-order valence-electron chi connectivity index (χ3n) is 4.31. The standard InChI is InChI=1S/C18H20N6O3/c1-12-17(24(26)27)13(2)23(21-12)14(3)18(25)20-16-7-4-6-15(10-16)11-22-9-5-8-19-22/h4-10,14H,11H2,1-3H3,(H,20,25). The van der Waals surface area contributed by atoms with Gasteiger partial charge >= 0.3 is 5.69 Å². The second-order valence-electron chi connectivity index (χ2n) is 6.29. The smallest absolute Gasteiger partial charge is 0.312 e. The van der Waals surface area contributed by atoms with Crippen LogP contribution in [0.2, 0.25) is 0 Å². The molecule has 2 aromatic heterocycles. The van der Waals surface area contributed by atoms with Gasteiger partial charge in [-0.2, -0.15) is 10.2 Å². The van der Waals surface area contributed by atoms with Gasteiger partial charge in [0, 0.05) is 18.1 Å². The molecule has 0 aliphatic heterocycles. The van der Waals surface area contributed by atoms with Crippen molar-refractivity contribution in [2.45, 2.75) is 33.4 Å². The molecular formula is C18H20N6O3. The SMILES string of the molecule is Cc1nn(C(C)C(=O)Nc2cccc(Cn3cccn3)c2)c(C)c1[N+](=O)[O-]. The van der Waals surface area contributed by atoms with E-state index in [1.165, 1.54) is 4.68 Å². The Morgan fingerprint density at radius 1 is 1.33 bits per heavy atom. The zero-order chi connectivity index (χ0) is 19.6. The fourth-order valence-corrected chi connectivity index (χ4v) is 2.98. The summed E-state index contributed by atoms with van der Waals surface area (Å²) < 4.78 is 3.18. The van der Waals surface area contributed by atoms with Crippen molar-refractivity contribution in [3.63, 3.8) is 0 Å². The van der Waals surface area contributed by atoms with E-state index in [0.717, 1.165) is 5.56 Å². The molecule has 0 aliphatic carbocycles. The highest BCUT2D eigenvalue weighted by Gasteiger charge is 2.27. The molecule has 0 bridgehead atoms. The van der Waals surface area contributed by atoms with E-state index in [-0.39, 0.29) is 11.6 Å². The lowest BCUT2D eigenvalue weighted by molar-refractivity contribution is -0.386. The Hall–Kier alpha value is -3.49. The molecule has 1 atom stereocenters. The minimum atomic E-state index is -0.688. The number of nitro groups is 1. The summed E-state index contributed by atoms with van der Waals surface area (Å²) in [5.74, 6) is -0.299. The summed E-state index contributed by atoms with van der Waals surface area (Å²) in [6.07, 6.45) is 3.57. The molecule has 27 heavy (non-hydrogen) atoms. The van der Waals surface area contributed by atoms with Crippen LogP contribution < -0.4 is 5.32 Å². The van der Waals surface area contributed by atoms with E-state index >= 15 is 0 Å². The van der Waals surface area contributed by atoms with Gasteiger partial charge in [0.05, 0.1) is 11.5 Å². The van der Waals surface area contributed by atoms with Crippen molar-refractivity contribution in [2.24, 2.45) is 0 Å². The van der Waals surface area contributed by atoms with Crippen molar-refractivity contribution in [3.8, 4) is 0 Å². The zero-order valence-corrected chi connectivity index (χ0v) is 15.3. The van der Waals surface area contributed by atoms with E-state index in [2.05, 4.69) is 15.5 Å². The number of anilines is 1. The predicted octanol–water partition coefficient (Wildman–Crippen LogP) is 2.85. The van der Waals surface area contributed by atoms with Crippen molar-refractivity contribution in [2.75, 3.05) is 5.32 Å². The van der Waals surface area contributed by atoms with Crippen LogP contribution in [0.1, 0.15) is 29.9 Å². The Bertz CT molecular complexity index is 977. The molecule has 1 aromatic carbocycles. The van der Waals surface area contributed by atoms with Gasteiger partial charge in [0.1, 0.15) is 17.4 Å². The monoisotopic (exact) mass is 368 g/mol. The summed E-state index contributed by atoms with van der Waals surface area (Å²) in [5, 5.41) is 22.3. The van der Waals surface area contributed by atoms with Crippen LogP contribution in [0, 0.1) is 24.0 Å². The van der Waals surface area contributed by atoms with Gasteiger partial charge in [0.25, 0.3) is 0 Å². The molecule has 1 N–H and O–H groups in total. The molecule has 3 aromatic rings. The van der Waals surface area contributed by atoms with Gasteiger partial charge in [-0.3, -0.25) is 24.3 Å². The van der Waals surface area contributed by atoms with Crippen LogP contribution in [0.25, 0.3) is 0 Å². The van der Waals surface area contributed by atoms with Gasteiger partial charge in [0.15, 0.2) is 0 Å². The number of hydrogen-bond acceptors (Lipinski definition) is 5. The molecule has 0 radical (unpaired) electrons. The van der Waals surface area contributed by atoms with Crippen LogP contribution >= 0.6 is 0 Å². The molecule has 0 fully saturated rings. The average Bonchev–Trinajstić information content (AvgIpc) is 3.22. The van der Waals surface area contributed by atoms with Gasteiger partial charge in [-0.15, -0.1) is 0 Å². The highest BCUT2D eigenvalue weighted by molar-refractivity contribution is 5.93. The van der Waals surface area contributed by atoms with Crippen LogP contribution in [0.15, 0.2) is 42.7 Å². The van der Waals surface area contributed by atoms with Gasteiger partial charge in [0.2, 0.25) is 5.91 Å². The number of rotatable bonds is 6. The third kappa shape index (κ3) is 3.86. The van der Waals surface area contributed by atoms with Crippen molar-refractivity contribution in [1.29, 1.82) is 0 Å². The number of hydrogen-bond donors (Lipinski definition) is 1. The Balaban J connectivity index is 1.75. The maximum Gasteiger partial charge on any atom is 0.312 e. The van der Waals surface area contributed by atoms with Crippen LogP contribution in [0.5, 0.6) is 0 Å². The molecule has 9 heteroatoms. The minimum Gasteiger partial charge on any atom is -0.324 e. The molecule has 1 amide bonds. The van der Waals surface area contributed by atoms with Crippen molar-refractivity contribution < 1.29 is 9.72 Å². The van der Waals surface area contributed by atoms with E-state index in [1.54, 1.807) is 37.7 Å². The topological polar surface area (TPSA) is 108 Å². The predicted molar refractivity (Wildman–Crippen MR) is 99.5 cm³/mol. The van der Waals surface area contributed by atoms with E-state index in [1.807, 2.05) is 30.5 Å². The lowest BCUT2D eigenvalue weighted by atomic mass is 10.2. The summed E-state index contributed by atoms with van der Waals surface area (Å²) in [5.41, 5.74) is 2.22. The van der Waals surface area contributed by atoms with Crippen LogP contribution in [-0.2, 0) is 11.3 Å². The summed E-state index contributed by atoms with van der Waals surface area (Å²) in [4.78, 5) is 23.3. The first-order valence-corrected chi connectivity index (χ1v) is 8.44. The highest BCUT2D eigenvalue weighted by atomic mass is 16.6. The Morgan fingerprint density at radius 3 is 2.74 bits per heavy atom. The molecule has 0 saturated carbocycles. The Morgan fingerprint density at radius 2 is 2.11 bits per heavy atom. The third-order valence-corrected chi connectivity index (χ3v) is 4.31. The largest absolute Gasteiger partial charge is 0.324 e. The van der Waals surface area contributed by atoms with E-state index in [9.17, 15) is 14.9 Å².